The summed E-state index contributed by atoms with van der Waals surface area (Å²) in [5.41, 5.74) is 19.9. The summed E-state index contributed by atoms with van der Waals surface area (Å²) in [6.07, 6.45) is -5.46. The maximum Gasteiger partial charge on any atom is 0.276 e. The first kappa shape index (κ1) is 66.1. The maximum absolute atomic E-state index is 14.5. The Morgan fingerprint density at radius 1 is 0.558 bits per heavy atom. The van der Waals surface area contributed by atoms with E-state index in [9.17, 15) is 60.0 Å². The van der Waals surface area contributed by atoms with Crippen molar-refractivity contribution in [3.05, 3.63) is 106 Å². The molecule has 4 aliphatic heterocycles. The number of carbonyl (C=O) groups excluding carboxylic acids is 4. The van der Waals surface area contributed by atoms with Crippen LogP contribution in [0, 0.1) is 37.1 Å². The van der Waals surface area contributed by atoms with Gasteiger partial charge in [0.2, 0.25) is 0 Å². The van der Waals surface area contributed by atoms with Crippen LogP contribution in [0.2, 0.25) is 0 Å². The lowest BCUT2D eigenvalue weighted by Gasteiger charge is -2.44. The van der Waals surface area contributed by atoms with Gasteiger partial charge in [0.05, 0.1) is 105 Å². The third kappa shape index (κ3) is 10.6. The molecule has 29 heteroatoms. The summed E-state index contributed by atoms with van der Waals surface area (Å²) in [6.45, 7) is 15.6. The monoisotopic (exact) mass is 1320 g/mol. The number of phenols is 2. The van der Waals surface area contributed by atoms with Crippen LogP contribution >= 0.6 is 11.8 Å². The number of aromatic amines is 2. The van der Waals surface area contributed by atoms with Crippen molar-refractivity contribution in [3.8, 4) is 11.5 Å². The van der Waals surface area contributed by atoms with Crippen LogP contribution in [-0.4, -0.2) is 156 Å². The molecule has 6 aromatic carbocycles. The van der Waals surface area contributed by atoms with E-state index in [4.69, 9.17) is 15.0 Å². The van der Waals surface area contributed by atoms with Gasteiger partial charge in [-0.1, -0.05) is 70.4 Å². The van der Waals surface area contributed by atoms with Gasteiger partial charge >= 0.3 is 0 Å². The predicted molar refractivity (Wildman–Crippen MR) is 351 cm³/mol. The first-order valence-electron chi connectivity index (χ1n) is 31.4. The largest absolute Gasteiger partial charge is 0.508 e. The molecule has 4 amide bonds. The molecular weight excluding hydrogens is 1250 g/mol. The van der Waals surface area contributed by atoms with Crippen LogP contribution in [-0.2, 0) is 9.47 Å². The molecule has 10 unspecified atom stereocenters. The highest BCUT2D eigenvalue weighted by Gasteiger charge is 2.49. The van der Waals surface area contributed by atoms with Gasteiger partial charge in [0, 0.05) is 72.7 Å². The number of aromatic nitrogens is 4. The molecule has 10 atom stereocenters. The highest BCUT2D eigenvalue weighted by molar-refractivity contribution is 6.41. The van der Waals surface area contributed by atoms with Gasteiger partial charge in [-0.2, -0.15) is 5.53 Å². The van der Waals surface area contributed by atoms with Crippen LogP contribution in [0.25, 0.3) is 87.2 Å². The topological polar surface area (TPSA) is 406 Å². The van der Waals surface area contributed by atoms with Gasteiger partial charge in [-0.25, -0.2) is 20.9 Å². The van der Waals surface area contributed by atoms with E-state index in [1.165, 1.54) is 39.9 Å². The smallest absolute Gasteiger partial charge is 0.276 e. The number of aryl methyl sites for hydroxylation is 2. The van der Waals surface area contributed by atoms with Crippen LogP contribution in [0.15, 0.2) is 98.3 Å². The minimum Gasteiger partial charge on any atom is -0.508 e. The first-order chi connectivity index (χ1) is 45.6. The summed E-state index contributed by atoms with van der Waals surface area (Å²) in [6, 6.07) is 20.3. The Bertz CT molecular complexity index is 4530. The van der Waals surface area contributed by atoms with Crippen molar-refractivity contribution in [2.75, 3.05) is 19.8 Å². The molecule has 10 aromatic rings. The second-order valence-electron chi connectivity index (χ2n) is 24.9. The SMILES string of the molecule is CCC(CC)NN1C(=O)c2c(c3c4ccc(C)cc4n(C4OC(CC)C(C)C(C)C4C)c3c3[nH]c4cc(C)ccc4c23)C1=O.N=N/N=N/N=NCl.O=C1c2c(c3c4ccc(O)cc4n(C4OC(CO)C(O)C(O)C4O)c3c3[nH]c4cc(O)ccc4c23)C(=O)N1NC(CO)CO. The Hall–Kier alpha value is -8.91. The molecule has 2 fully saturated rings. The molecule has 13 N–H and O–H groups in total. The standard InChI is InChI=1S/C37H44N4O3.C29H28N4O11.ClHN6/c1-9-23(10-2)39-41-35(42)31-29-24-14-12-18(4)16-26(24)38-33(29)34-30(32(31)36(41)43)25-15-13-19(5)17-27(25)40(34)37-22(8)20(6)21(7)28(11-3)44-37;34-7-10(8-35)31-33-27(42)20-18-13-3-1-11(37)5-15(13)30-22(18)23-19(21(20)28(33)43)14-4-2-12(38)6-16(14)32(23)29-26(41)25(40)24(39)17(9-36)44-29;1-3-5-7-6-4-2/h12-17,20-23,28,37-39H,9-11H2,1-8H3;1-6,10,17,24-26,29-31,34-41H,7-9H2;2H/b;;4-2?,5-3?,7-6+. The van der Waals surface area contributed by atoms with E-state index < -0.39 is 68.3 Å². The zero-order valence-corrected chi connectivity index (χ0v) is 53.8. The second kappa shape index (κ2) is 26.0. The van der Waals surface area contributed by atoms with E-state index in [-0.39, 0.29) is 86.1 Å². The summed E-state index contributed by atoms with van der Waals surface area (Å²) >= 11 is 4.64. The highest BCUT2D eigenvalue weighted by Crippen LogP contribution is 2.52. The summed E-state index contributed by atoms with van der Waals surface area (Å²) in [5, 5.41) is 99.9. The molecule has 0 bridgehead atoms. The molecule has 28 nitrogen and oxygen atoms in total. The molecular formula is C66H73ClN14O14. The Balaban J connectivity index is 0.000000165. The van der Waals surface area contributed by atoms with Gasteiger partial charge in [-0.3, -0.25) is 19.2 Å². The Labute approximate surface area is 545 Å². The van der Waals surface area contributed by atoms with Crippen molar-refractivity contribution in [1.82, 2.24) is 40.0 Å². The summed E-state index contributed by atoms with van der Waals surface area (Å²) in [7, 11) is 0. The van der Waals surface area contributed by atoms with Crippen LogP contribution in [0.1, 0.15) is 126 Å². The van der Waals surface area contributed by atoms with Gasteiger partial charge < -0.3 is 69.4 Å². The molecule has 2 saturated heterocycles. The van der Waals surface area contributed by atoms with Gasteiger partial charge in [0.25, 0.3) is 23.6 Å². The molecule has 498 valence electrons. The van der Waals surface area contributed by atoms with Gasteiger partial charge in [0.1, 0.15) is 42.1 Å². The molecule has 0 spiro atoms. The summed E-state index contributed by atoms with van der Waals surface area (Å²) in [5.74, 6) is -1.32. The van der Waals surface area contributed by atoms with Gasteiger partial charge in [0.15, 0.2) is 6.23 Å². The Morgan fingerprint density at radius 2 is 1.03 bits per heavy atom. The molecule has 95 heavy (non-hydrogen) atoms. The van der Waals surface area contributed by atoms with Crippen molar-refractivity contribution in [2.45, 2.75) is 130 Å². The number of hydrogen-bond acceptors (Lipinski definition) is 18. The fraction of sp³-hybridized carbons (Fsp3) is 0.394. The number of halogens is 1. The number of benzene rings is 6. The highest BCUT2D eigenvalue weighted by atomic mass is 35.5. The number of carbonyl (C=O) groups is 4. The normalized spacial score (nSPS) is 23.2. The number of hydrazine groups is 2. The maximum atomic E-state index is 14.5. The number of aliphatic hydroxyl groups excluding tert-OH is 6. The van der Waals surface area contributed by atoms with Crippen molar-refractivity contribution in [3.63, 3.8) is 0 Å². The number of H-pyrrole nitrogens is 2. The lowest BCUT2D eigenvalue weighted by molar-refractivity contribution is -0.249. The Kier molecular flexibility index (Phi) is 18.1. The number of hydrogen-bond donors (Lipinski definition) is 13. The van der Waals surface area contributed by atoms with E-state index in [1.807, 2.05) is 0 Å². The van der Waals surface area contributed by atoms with Gasteiger partial charge in [-0.05, 0) is 113 Å². The van der Waals surface area contributed by atoms with E-state index in [1.54, 1.807) is 6.07 Å². The third-order valence-electron chi connectivity index (χ3n) is 19.5. The van der Waals surface area contributed by atoms with Crippen LogP contribution in [0.5, 0.6) is 11.5 Å². The van der Waals surface area contributed by atoms with E-state index >= 15 is 0 Å². The minimum absolute atomic E-state index is 0.0162. The lowest BCUT2D eigenvalue weighted by atomic mass is 9.77. The number of fused-ring (bicyclic) bond motifs is 20. The Morgan fingerprint density at radius 3 is 1.56 bits per heavy atom. The van der Waals surface area contributed by atoms with E-state index in [0.717, 1.165) is 74.0 Å². The molecule has 4 aliphatic rings. The van der Waals surface area contributed by atoms with Crippen LogP contribution in [0.3, 0.4) is 0 Å². The number of amides is 4. The number of imide groups is 2. The first-order valence-corrected chi connectivity index (χ1v) is 31.7. The number of phenolic OH excluding ortho intramolecular Hbond substituents is 2. The van der Waals surface area contributed by atoms with Crippen molar-refractivity contribution in [2.24, 2.45) is 43.3 Å². The van der Waals surface area contributed by atoms with E-state index in [0.29, 0.717) is 44.3 Å². The number of aliphatic hydroxyl groups is 6. The number of nitrogens with one attached hydrogen (secondary N) is 5. The lowest BCUT2D eigenvalue weighted by Crippen LogP contribution is -2.56. The average molecular weight is 1320 g/mol. The predicted octanol–water partition coefficient (Wildman–Crippen LogP) is 9.72. The molecule has 0 radical (unpaired) electrons. The fourth-order valence-electron chi connectivity index (χ4n) is 14.4. The summed E-state index contributed by atoms with van der Waals surface area (Å²) < 4.78 is 19.4. The van der Waals surface area contributed by atoms with Crippen LogP contribution in [0.4, 0.5) is 0 Å². The van der Waals surface area contributed by atoms with Crippen molar-refractivity contribution in [1.29, 1.82) is 5.53 Å². The fourth-order valence-corrected chi connectivity index (χ4v) is 14.5. The molecule has 4 aromatic heterocycles. The third-order valence-corrected chi connectivity index (χ3v) is 19.6. The van der Waals surface area contributed by atoms with Crippen molar-refractivity contribution >= 4 is 123 Å². The van der Waals surface area contributed by atoms with Crippen LogP contribution < -0.4 is 10.9 Å². The number of ether oxygens (including phenoxy) is 2. The zero-order valence-electron chi connectivity index (χ0n) is 53.0. The molecule has 0 aliphatic carbocycles. The quantitative estimate of drug-likeness (QED) is 0.0273. The molecule has 0 saturated carbocycles. The minimum atomic E-state index is -1.75. The number of aromatic hydroxyl groups is 2. The second-order valence-corrected chi connectivity index (χ2v) is 25.0. The number of rotatable bonds is 14. The molecule has 14 rings (SSSR count). The van der Waals surface area contributed by atoms with Gasteiger partial charge in [-0.15, -0.1) is 0 Å². The number of nitrogens with zero attached hydrogens (tertiary/aromatic N) is 9. The zero-order chi connectivity index (χ0) is 67.9. The van der Waals surface area contributed by atoms with Crippen molar-refractivity contribution < 1.29 is 69.5 Å². The molecule has 8 heterocycles. The van der Waals surface area contributed by atoms with E-state index in [2.05, 4.69) is 154 Å². The average Bonchev–Trinajstić information content (AvgIpc) is 1.53. The summed E-state index contributed by atoms with van der Waals surface area (Å²) in [4.78, 5) is 63.8.